The SMILES string of the molecule is CCOC(=O)C1=C(C)N=c2s/c(=C/c3ccc4c(c3)Sc3ccccc3N4C)c(=O)n2[C@H]1c1cc(OCC)c(OC)cc1Br. The van der Waals surface area contributed by atoms with E-state index in [1.165, 1.54) is 16.2 Å². The molecule has 0 fully saturated rings. The zero-order chi connectivity index (χ0) is 31.1. The Kier molecular flexibility index (Phi) is 8.45. The molecule has 0 aliphatic carbocycles. The summed E-state index contributed by atoms with van der Waals surface area (Å²) in [6.45, 7) is 6.01. The third kappa shape index (κ3) is 5.27. The van der Waals surface area contributed by atoms with Crippen LogP contribution in [0.4, 0.5) is 11.4 Å². The topological polar surface area (TPSA) is 82.4 Å². The molecule has 8 nitrogen and oxygen atoms in total. The molecule has 2 aliphatic rings. The minimum Gasteiger partial charge on any atom is -0.493 e. The van der Waals surface area contributed by atoms with Crippen LogP contribution in [0, 0.1) is 0 Å². The molecule has 0 saturated carbocycles. The molecule has 0 unspecified atom stereocenters. The van der Waals surface area contributed by atoms with Crippen molar-refractivity contribution in [3.8, 4) is 11.5 Å². The summed E-state index contributed by atoms with van der Waals surface area (Å²) in [5, 5.41) is 0. The van der Waals surface area contributed by atoms with Crippen LogP contribution in [0.2, 0.25) is 0 Å². The van der Waals surface area contributed by atoms with E-state index in [-0.39, 0.29) is 12.2 Å². The molecule has 0 N–H and O–H groups in total. The van der Waals surface area contributed by atoms with Gasteiger partial charge in [-0.3, -0.25) is 9.36 Å². The van der Waals surface area contributed by atoms with Crippen molar-refractivity contribution in [3.63, 3.8) is 0 Å². The molecular formula is C33H30BrN3O5S2. The van der Waals surface area contributed by atoms with Gasteiger partial charge in [0, 0.05) is 21.3 Å². The van der Waals surface area contributed by atoms with E-state index in [2.05, 4.69) is 52.1 Å². The molecule has 226 valence electrons. The third-order valence-electron chi connectivity index (χ3n) is 7.48. The largest absolute Gasteiger partial charge is 0.493 e. The number of hydrogen-bond acceptors (Lipinski definition) is 9. The Balaban J connectivity index is 1.51. The molecule has 1 atom stereocenters. The maximum Gasteiger partial charge on any atom is 0.338 e. The first-order chi connectivity index (χ1) is 21.2. The molecule has 11 heteroatoms. The van der Waals surface area contributed by atoms with E-state index in [1.54, 1.807) is 49.4 Å². The second-order valence-electron chi connectivity index (χ2n) is 10.1. The van der Waals surface area contributed by atoms with Crippen LogP contribution in [-0.4, -0.2) is 37.9 Å². The average Bonchev–Trinajstić information content (AvgIpc) is 3.31. The van der Waals surface area contributed by atoms with Crippen molar-refractivity contribution in [1.82, 2.24) is 4.57 Å². The standard InChI is InChI=1S/C33H30BrN3O5S2/c1-6-41-25-16-20(21(34)17-24(25)40-5)30-29(32(39)42-7-2)18(3)35-33-37(30)31(38)28(44-33)15-19-12-13-23-27(14-19)43-26-11-9-8-10-22(26)36(23)4/h8-17,30H,6-7H2,1-5H3/b28-15+/t30-/m0/s1. The highest BCUT2D eigenvalue weighted by molar-refractivity contribution is 9.10. The van der Waals surface area contributed by atoms with E-state index >= 15 is 0 Å². The van der Waals surface area contributed by atoms with Crippen LogP contribution in [0.25, 0.3) is 6.08 Å². The first-order valence-electron chi connectivity index (χ1n) is 14.1. The van der Waals surface area contributed by atoms with E-state index in [0.717, 1.165) is 21.8 Å². The number of allylic oxidation sites excluding steroid dienone is 1. The summed E-state index contributed by atoms with van der Waals surface area (Å²) >= 11 is 6.67. The number of benzene rings is 3. The lowest BCUT2D eigenvalue weighted by atomic mass is 9.95. The minimum atomic E-state index is -0.795. The number of hydrogen-bond donors (Lipinski definition) is 0. The Bertz CT molecular complexity index is 2020. The summed E-state index contributed by atoms with van der Waals surface area (Å²) in [4.78, 5) is 37.3. The number of halogens is 1. The number of para-hydroxylation sites is 1. The van der Waals surface area contributed by atoms with Crippen molar-refractivity contribution in [2.24, 2.45) is 4.99 Å². The highest BCUT2D eigenvalue weighted by Gasteiger charge is 2.35. The molecule has 1 aromatic heterocycles. The van der Waals surface area contributed by atoms with E-state index in [1.807, 2.05) is 31.2 Å². The van der Waals surface area contributed by atoms with E-state index < -0.39 is 12.0 Å². The molecule has 6 rings (SSSR count). The van der Waals surface area contributed by atoms with Crippen LogP contribution in [0.1, 0.15) is 37.9 Å². The van der Waals surface area contributed by atoms with E-state index in [4.69, 9.17) is 19.2 Å². The summed E-state index contributed by atoms with van der Waals surface area (Å²) < 4.78 is 19.6. The number of ether oxygens (including phenoxy) is 3. The zero-order valence-corrected chi connectivity index (χ0v) is 28.1. The van der Waals surface area contributed by atoms with Gasteiger partial charge in [0.05, 0.1) is 53.5 Å². The summed E-state index contributed by atoms with van der Waals surface area (Å²) in [7, 11) is 3.63. The summed E-state index contributed by atoms with van der Waals surface area (Å²) in [6, 6.07) is 17.3. The molecule has 0 saturated heterocycles. The molecule has 0 bridgehead atoms. The molecule has 2 aliphatic heterocycles. The lowest BCUT2D eigenvalue weighted by Gasteiger charge is -2.29. The summed E-state index contributed by atoms with van der Waals surface area (Å²) in [6.07, 6.45) is 1.89. The Morgan fingerprint density at radius 1 is 1.05 bits per heavy atom. The van der Waals surface area contributed by atoms with Gasteiger partial charge in [-0.15, -0.1) is 0 Å². The molecule has 4 aromatic rings. The molecule has 3 heterocycles. The van der Waals surface area contributed by atoms with Gasteiger partial charge in [0.1, 0.15) is 0 Å². The van der Waals surface area contributed by atoms with Gasteiger partial charge in [-0.1, -0.05) is 57.2 Å². The van der Waals surface area contributed by atoms with E-state index in [9.17, 15) is 9.59 Å². The van der Waals surface area contributed by atoms with Crippen molar-refractivity contribution in [1.29, 1.82) is 0 Å². The molecule has 0 spiro atoms. The monoisotopic (exact) mass is 691 g/mol. The second-order valence-corrected chi connectivity index (χ2v) is 13.1. The molecule has 0 amide bonds. The van der Waals surface area contributed by atoms with Crippen LogP contribution < -0.4 is 29.3 Å². The van der Waals surface area contributed by atoms with Gasteiger partial charge in [-0.25, -0.2) is 9.79 Å². The van der Waals surface area contributed by atoms with Crippen LogP contribution in [0.3, 0.4) is 0 Å². The van der Waals surface area contributed by atoms with Gasteiger partial charge in [-0.2, -0.15) is 0 Å². The van der Waals surface area contributed by atoms with Gasteiger partial charge in [0.2, 0.25) is 0 Å². The second kappa shape index (κ2) is 12.3. The molecule has 0 radical (unpaired) electrons. The van der Waals surface area contributed by atoms with E-state index in [0.29, 0.717) is 48.7 Å². The highest BCUT2D eigenvalue weighted by Crippen LogP contribution is 2.47. The number of esters is 1. The van der Waals surface area contributed by atoms with Crippen molar-refractivity contribution in [3.05, 3.63) is 101 Å². The van der Waals surface area contributed by atoms with Gasteiger partial charge in [-0.05, 0) is 74.4 Å². The van der Waals surface area contributed by atoms with Gasteiger partial charge < -0.3 is 19.1 Å². The number of carbonyl (C=O) groups is 1. The summed E-state index contributed by atoms with van der Waals surface area (Å²) in [5.74, 6) is 0.517. The fraction of sp³-hybridized carbons (Fsp3) is 0.242. The van der Waals surface area contributed by atoms with Gasteiger partial charge in [0.15, 0.2) is 16.3 Å². The number of aromatic nitrogens is 1. The fourth-order valence-electron chi connectivity index (χ4n) is 5.47. The Hall–Kier alpha value is -3.80. The number of anilines is 2. The maximum absolute atomic E-state index is 14.2. The van der Waals surface area contributed by atoms with Crippen molar-refractivity contribution in [2.45, 2.75) is 36.6 Å². The Labute approximate surface area is 271 Å². The van der Waals surface area contributed by atoms with Crippen molar-refractivity contribution < 1.29 is 19.0 Å². The number of thiazole rings is 1. The molecule has 44 heavy (non-hydrogen) atoms. The molecule has 3 aromatic carbocycles. The fourth-order valence-corrected chi connectivity index (χ4v) is 8.26. The summed E-state index contributed by atoms with van der Waals surface area (Å²) in [5.41, 5.74) is 4.37. The Morgan fingerprint density at radius 2 is 1.82 bits per heavy atom. The number of carbonyl (C=O) groups excluding carboxylic acids is 1. The maximum atomic E-state index is 14.2. The van der Waals surface area contributed by atoms with Gasteiger partial charge in [0.25, 0.3) is 5.56 Å². The predicted octanol–water partition coefficient (Wildman–Crippen LogP) is 6.20. The number of rotatable bonds is 7. The Morgan fingerprint density at radius 3 is 2.57 bits per heavy atom. The quantitative estimate of drug-likeness (QED) is 0.214. The average molecular weight is 693 g/mol. The first kappa shape index (κ1) is 30.2. The predicted molar refractivity (Wildman–Crippen MR) is 177 cm³/mol. The number of nitrogens with zero attached hydrogens (tertiary/aromatic N) is 3. The lowest BCUT2D eigenvalue weighted by Crippen LogP contribution is -2.40. The van der Waals surface area contributed by atoms with Crippen LogP contribution >= 0.6 is 39.0 Å². The van der Waals surface area contributed by atoms with Gasteiger partial charge >= 0.3 is 5.97 Å². The number of fused-ring (bicyclic) bond motifs is 3. The zero-order valence-electron chi connectivity index (χ0n) is 24.8. The lowest BCUT2D eigenvalue weighted by molar-refractivity contribution is -0.139. The van der Waals surface area contributed by atoms with Crippen LogP contribution in [0.15, 0.2) is 89.9 Å². The normalized spacial score (nSPS) is 15.7. The smallest absolute Gasteiger partial charge is 0.338 e. The van der Waals surface area contributed by atoms with Crippen LogP contribution in [0.5, 0.6) is 11.5 Å². The van der Waals surface area contributed by atoms with Crippen LogP contribution in [-0.2, 0) is 9.53 Å². The van der Waals surface area contributed by atoms with Crippen molar-refractivity contribution in [2.75, 3.05) is 32.3 Å². The minimum absolute atomic E-state index is 0.191. The third-order valence-corrected chi connectivity index (χ3v) is 10.3. The first-order valence-corrected chi connectivity index (χ1v) is 16.5. The highest BCUT2D eigenvalue weighted by atomic mass is 79.9. The number of methoxy groups -OCH3 is 1. The molecular weight excluding hydrogens is 662 g/mol. The van der Waals surface area contributed by atoms with Crippen molar-refractivity contribution >= 4 is 62.4 Å².